The first-order valence-corrected chi connectivity index (χ1v) is 12.5. The van der Waals surface area contributed by atoms with Crippen LogP contribution in [-0.2, 0) is 19.1 Å². The highest BCUT2D eigenvalue weighted by Crippen LogP contribution is 2.29. The topological polar surface area (TPSA) is 111 Å². The third kappa shape index (κ3) is 7.61. The van der Waals surface area contributed by atoms with Crippen molar-refractivity contribution in [2.45, 2.75) is 39.2 Å². The lowest BCUT2D eigenvalue weighted by Gasteiger charge is -2.29. The number of ether oxygens (including phenoxy) is 2. The lowest BCUT2D eigenvalue weighted by atomic mass is 10.1. The molecule has 0 saturated heterocycles. The number of nitrogens with zero attached hydrogens (tertiary/aromatic N) is 3. The predicted octanol–water partition coefficient (Wildman–Crippen LogP) is 4.48. The number of hydrogen-bond donors (Lipinski definition) is 1. The van der Waals surface area contributed by atoms with E-state index >= 15 is 0 Å². The standard InChI is InChI=1S/C26H30N4O5S/c1-4-35-24(33)14-13-23(32)30(18(2)19-9-6-5-7-10-19)16-15-22(31)27-26-29-28-25(36-26)20-11-8-12-21(17-20)34-3/h5-12,17-18H,4,13-16H2,1-3H3,(H,27,29,31). The summed E-state index contributed by atoms with van der Waals surface area (Å²) in [5, 5.41) is 12.0. The number of benzene rings is 2. The van der Waals surface area contributed by atoms with E-state index in [1.807, 2.05) is 61.5 Å². The van der Waals surface area contributed by atoms with E-state index in [9.17, 15) is 14.4 Å². The summed E-state index contributed by atoms with van der Waals surface area (Å²) in [7, 11) is 1.59. The van der Waals surface area contributed by atoms with Crippen molar-refractivity contribution >= 4 is 34.3 Å². The van der Waals surface area contributed by atoms with Crippen molar-refractivity contribution in [3.8, 4) is 16.3 Å². The summed E-state index contributed by atoms with van der Waals surface area (Å²) in [6, 6.07) is 16.7. The molecule has 0 aliphatic carbocycles. The molecule has 0 fully saturated rings. The first kappa shape index (κ1) is 26.8. The number of anilines is 1. The Morgan fingerprint density at radius 2 is 1.81 bits per heavy atom. The van der Waals surface area contributed by atoms with Gasteiger partial charge in [-0.15, -0.1) is 10.2 Å². The summed E-state index contributed by atoms with van der Waals surface area (Å²) in [6.45, 7) is 4.08. The molecule has 0 aliphatic heterocycles. The minimum absolute atomic E-state index is 0.00525. The Hall–Kier alpha value is -3.79. The van der Waals surface area contributed by atoms with Crippen molar-refractivity contribution in [2.24, 2.45) is 0 Å². The molecule has 10 heteroatoms. The zero-order chi connectivity index (χ0) is 25.9. The molecule has 0 bridgehead atoms. The highest BCUT2D eigenvalue weighted by Gasteiger charge is 2.23. The van der Waals surface area contributed by atoms with E-state index in [1.54, 1.807) is 18.9 Å². The highest BCUT2D eigenvalue weighted by atomic mass is 32.1. The van der Waals surface area contributed by atoms with Crippen LogP contribution in [0.3, 0.4) is 0 Å². The third-order valence-corrected chi connectivity index (χ3v) is 6.37. The van der Waals surface area contributed by atoms with Gasteiger partial charge in [-0.1, -0.05) is 53.8 Å². The Kier molecular flexibility index (Phi) is 9.93. The van der Waals surface area contributed by atoms with Gasteiger partial charge in [-0.05, 0) is 31.5 Å². The SMILES string of the molecule is CCOC(=O)CCC(=O)N(CCC(=O)Nc1nnc(-c2cccc(OC)c2)s1)C(C)c1ccccc1. The van der Waals surface area contributed by atoms with E-state index in [1.165, 1.54) is 11.3 Å². The first-order chi connectivity index (χ1) is 17.4. The van der Waals surface area contributed by atoms with E-state index in [0.717, 1.165) is 11.1 Å². The number of methoxy groups -OCH3 is 1. The third-order valence-electron chi connectivity index (χ3n) is 5.49. The molecule has 0 radical (unpaired) electrons. The second-order valence-electron chi connectivity index (χ2n) is 7.92. The molecule has 1 heterocycles. The van der Waals surface area contributed by atoms with Crippen LogP contribution in [-0.4, -0.2) is 53.1 Å². The lowest BCUT2D eigenvalue weighted by Crippen LogP contribution is -2.36. The number of amides is 2. The Bertz CT molecular complexity index is 1170. The number of nitrogens with one attached hydrogen (secondary N) is 1. The van der Waals surface area contributed by atoms with Gasteiger partial charge in [-0.2, -0.15) is 0 Å². The van der Waals surface area contributed by atoms with Crippen molar-refractivity contribution in [3.05, 3.63) is 60.2 Å². The molecule has 1 unspecified atom stereocenters. The monoisotopic (exact) mass is 510 g/mol. The van der Waals surface area contributed by atoms with Gasteiger partial charge in [0.1, 0.15) is 10.8 Å². The zero-order valence-corrected chi connectivity index (χ0v) is 21.4. The summed E-state index contributed by atoms with van der Waals surface area (Å²) in [5.74, 6) is -0.220. The fourth-order valence-corrected chi connectivity index (χ4v) is 4.34. The summed E-state index contributed by atoms with van der Waals surface area (Å²) >= 11 is 1.25. The van der Waals surface area contributed by atoms with Gasteiger partial charge in [0.2, 0.25) is 16.9 Å². The average molecular weight is 511 g/mol. The molecule has 2 amide bonds. The summed E-state index contributed by atoms with van der Waals surface area (Å²) < 4.78 is 10.2. The van der Waals surface area contributed by atoms with E-state index < -0.39 is 5.97 Å². The Morgan fingerprint density at radius 1 is 1.03 bits per heavy atom. The van der Waals surface area contributed by atoms with Gasteiger partial charge in [0.15, 0.2) is 0 Å². The molecule has 1 aromatic heterocycles. The molecule has 2 aromatic carbocycles. The molecule has 190 valence electrons. The van der Waals surface area contributed by atoms with Crippen LogP contribution in [0.25, 0.3) is 10.6 Å². The smallest absolute Gasteiger partial charge is 0.306 e. The minimum Gasteiger partial charge on any atom is -0.497 e. The zero-order valence-electron chi connectivity index (χ0n) is 20.6. The normalized spacial score (nSPS) is 11.4. The van der Waals surface area contributed by atoms with Crippen molar-refractivity contribution in [2.75, 3.05) is 25.6 Å². The van der Waals surface area contributed by atoms with Gasteiger partial charge in [-0.25, -0.2) is 0 Å². The molecule has 3 aromatic rings. The fourth-order valence-electron chi connectivity index (χ4n) is 3.58. The highest BCUT2D eigenvalue weighted by molar-refractivity contribution is 7.18. The molecule has 1 N–H and O–H groups in total. The van der Waals surface area contributed by atoms with E-state index in [0.29, 0.717) is 15.9 Å². The maximum Gasteiger partial charge on any atom is 0.306 e. The van der Waals surface area contributed by atoms with Gasteiger partial charge in [0, 0.05) is 24.9 Å². The fraction of sp³-hybridized carbons (Fsp3) is 0.346. The Balaban J connectivity index is 1.63. The summed E-state index contributed by atoms with van der Waals surface area (Å²) in [6.07, 6.45) is 0.0725. The van der Waals surface area contributed by atoms with Gasteiger partial charge in [0.25, 0.3) is 0 Å². The molecule has 0 saturated carbocycles. The number of carbonyl (C=O) groups excluding carboxylic acids is 3. The second-order valence-corrected chi connectivity index (χ2v) is 8.90. The number of aromatic nitrogens is 2. The quantitative estimate of drug-likeness (QED) is 0.358. The number of esters is 1. The van der Waals surface area contributed by atoms with Gasteiger partial charge in [-0.3, -0.25) is 14.4 Å². The first-order valence-electron chi connectivity index (χ1n) is 11.7. The summed E-state index contributed by atoms with van der Waals surface area (Å²) in [4.78, 5) is 39.1. The van der Waals surface area contributed by atoms with E-state index in [-0.39, 0.29) is 50.3 Å². The van der Waals surface area contributed by atoms with Crippen LogP contribution < -0.4 is 10.1 Å². The Labute approximate surface area is 214 Å². The maximum absolute atomic E-state index is 13.0. The number of rotatable bonds is 12. The van der Waals surface area contributed by atoms with Crippen LogP contribution in [0.2, 0.25) is 0 Å². The number of hydrogen-bond acceptors (Lipinski definition) is 8. The van der Waals surface area contributed by atoms with Crippen LogP contribution >= 0.6 is 11.3 Å². The van der Waals surface area contributed by atoms with Crippen molar-refractivity contribution < 1.29 is 23.9 Å². The van der Waals surface area contributed by atoms with Crippen LogP contribution in [0.4, 0.5) is 5.13 Å². The predicted molar refractivity (Wildman–Crippen MR) is 138 cm³/mol. The molecule has 9 nitrogen and oxygen atoms in total. The van der Waals surface area contributed by atoms with Crippen LogP contribution in [0.5, 0.6) is 5.75 Å². The van der Waals surface area contributed by atoms with Crippen LogP contribution in [0, 0.1) is 0 Å². The molecule has 36 heavy (non-hydrogen) atoms. The summed E-state index contributed by atoms with van der Waals surface area (Å²) in [5.41, 5.74) is 1.77. The average Bonchev–Trinajstić information content (AvgIpc) is 3.36. The van der Waals surface area contributed by atoms with Crippen molar-refractivity contribution in [1.82, 2.24) is 15.1 Å². The molecule has 0 spiro atoms. The molecular weight excluding hydrogens is 480 g/mol. The van der Waals surface area contributed by atoms with Gasteiger partial charge in [0.05, 0.1) is 26.2 Å². The molecular formula is C26H30N4O5S. The molecule has 3 rings (SSSR count). The molecule has 1 atom stereocenters. The van der Waals surface area contributed by atoms with E-state index in [2.05, 4.69) is 15.5 Å². The van der Waals surface area contributed by atoms with Gasteiger partial charge >= 0.3 is 5.97 Å². The van der Waals surface area contributed by atoms with Crippen LogP contribution in [0.1, 0.15) is 44.7 Å². The van der Waals surface area contributed by atoms with Crippen LogP contribution in [0.15, 0.2) is 54.6 Å². The largest absolute Gasteiger partial charge is 0.497 e. The van der Waals surface area contributed by atoms with Gasteiger partial charge < -0.3 is 19.7 Å². The Morgan fingerprint density at radius 3 is 2.53 bits per heavy atom. The van der Waals surface area contributed by atoms with Crippen molar-refractivity contribution in [1.29, 1.82) is 0 Å². The van der Waals surface area contributed by atoms with E-state index in [4.69, 9.17) is 9.47 Å². The molecule has 0 aliphatic rings. The second kappa shape index (κ2) is 13.3. The minimum atomic E-state index is -0.418. The maximum atomic E-state index is 13.0. The number of carbonyl (C=O) groups is 3. The lowest BCUT2D eigenvalue weighted by molar-refractivity contribution is -0.146. The van der Waals surface area contributed by atoms with Crippen molar-refractivity contribution in [3.63, 3.8) is 0 Å².